The van der Waals surface area contributed by atoms with Gasteiger partial charge in [0, 0.05) is 32.2 Å². The summed E-state index contributed by atoms with van der Waals surface area (Å²) in [5, 5.41) is 0.634. The quantitative estimate of drug-likeness (QED) is 0.787. The van der Waals surface area contributed by atoms with Crippen molar-refractivity contribution in [3.8, 4) is 5.75 Å². The van der Waals surface area contributed by atoms with Gasteiger partial charge in [0.25, 0.3) is 0 Å². The zero-order valence-electron chi connectivity index (χ0n) is 16.3. The Hall–Kier alpha value is -1.46. The highest BCUT2D eigenvalue weighted by Crippen LogP contribution is 2.37. The van der Waals surface area contributed by atoms with Gasteiger partial charge in [-0.15, -0.1) is 0 Å². The Balaban J connectivity index is 1.60. The van der Waals surface area contributed by atoms with E-state index in [1.807, 2.05) is 37.8 Å². The second-order valence-corrected chi connectivity index (χ2v) is 8.84. The van der Waals surface area contributed by atoms with Gasteiger partial charge in [-0.2, -0.15) is 0 Å². The van der Waals surface area contributed by atoms with Crippen LogP contribution in [0.4, 0.5) is 4.79 Å². The monoisotopic (exact) mass is 380 g/mol. The molecule has 1 aromatic carbocycles. The molecule has 144 valence electrons. The first-order chi connectivity index (χ1) is 12.2. The van der Waals surface area contributed by atoms with Crippen LogP contribution < -0.4 is 4.74 Å². The molecule has 0 saturated carbocycles. The number of methoxy groups -OCH3 is 1. The molecule has 0 spiro atoms. The van der Waals surface area contributed by atoms with E-state index in [9.17, 15) is 4.79 Å². The zero-order chi connectivity index (χ0) is 19.1. The number of benzene rings is 1. The van der Waals surface area contributed by atoms with Crippen molar-refractivity contribution in [2.45, 2.75) is 39.3 Å². The number of halogens is 1. The fourth-order valence-corrected chi connectivity index (χ4v) is 4.16. The smallest absolute Gasteiger partial charge is 0.410 e. The molecule has 6 heteroatoms. The molecule has 3 unspecified atom stereocenters. The Bertz CT molecular complexity index is 660. The number of likely N-dealkylation sites (tertiary alicyclic amines) is 2. The average Bonchev–Trinajstić information content (AvgIpc) is 3.12. The van der Waals surface area contributed by atoms with E-state index in [1.54, 1.807) is 7.11 Å². The first kappa shape index (κ1) is 19.3. The lowest BCUT2D eigenvalue weighted by molar-refractivity contribution is 0.0272. The Morgan fingerprint density at radius 3 is 2.35 bits per heavy atom. The number of carbonyl (C=O) groups excluding carboxylic acids is 1. The summed E-state index contributed by atoms with van der Waals surface area (Å²) in [7, 11) is 1.64. The van der Waals surface area contributed by atoms with Gasteiger partial charge in [0.2, 0.25) is 0 Å². The van der Waals surface area contributed by atoms with Gasteiger partial charge in [-0.1, -0.05) is 17.7 Å². The van der Waals surface area contributed by atoms with E-state index < -0.39 is 5.60 Å². The Morgan fingerprint density at radius 1 is 1.19 bits per heavy atom. The van der Waals surface area contributed by atoms with Crippen LogP contribution in [0.1, 0.15) is 39.3 Å². The molecule has 26 heavy (non-hydrogen) atoms. The molecule has 0 N–H and O–H groups in total. The number of hydrogen-bond donors (Lipinski definition) is 0. The zero-order valence-corrected chi connectivity index (χ0v) is 17.0. The van der Waals surface area contributed by atoms with E-state index in [4.69, 9.17) is 21.1 Å². The van der Waals surface area contributed by atoms with E-state index in [-0.39, 0.29) is 6.09 Å². The molecular formula is C20H29ClN2O3. The summed E-state index contributed by atoms with van der Waals surface area (Å²) in [5.41, 5.74) is 0.762. The number of fused-ring (bicyclic) bond motifs is 1. The van der Waals surface area contributed by atoms with Gasteiger partial charge in [0.15, 0.2) is 0 Å². The lowest BCUT2D eigenvalue weighted by Gasteiger charge is -2.28. The van der Waals surface area contributed by atoms with Crippen LogP contribution in [-0.2, 0) is 4.74 Å². The number of amides is 1. The molecule has 0 aromatic heterocycles. The maximum Gasteiger partial charge on any atom is 0.410 e. The van der Waals surface area contributed by atoms with Crippen molar-refractivity contribution in [3.63, 3.8) is 0 Å². The summed E-state index contributed by atoms with van der Waals surface area (Å²) < 4.78 is 10.9. The molecule has 0 aliphatic carbocycles. The van der Waals surface area contributed by atoms with Crippen molar-refractivity contribution in [1.29, 1.82) is 0 Å². The minimum Gasteiger partial charge on any atom is -0.495 e. The third kappa shape index (κ3) is 4.09. The molecule has 1 amide bonds. The summed E-state index contributed by atoms with van der Waals surface area (Å²) in [6.07, 6.45) is -0.186. The van der Waals surface area contributed by atoms with Gasteiger partial charge in [0.05, 0.1) is 12.1 Å². The summed E-state index contributed by atoms with van der Waals surface area (Å²) in [6, 6.07) is 6.28. The number of ether oxygens (including phenoxy) is 2. The molecule has 0 bridgehead atoms. The van der Waals surface area contributed by atoms with Gasteiger partial charge in [-0.25, -0.2) is 4.79 Å². The molecule has 0 radical (unpaired) electrons. The third-order valence-corrected chi connectivity index (χ3v) is 5.68. The van der Waals surface area contributed by atoms with Crippen LogP contribution in [0.5, 0.6) is 5.75 Å². The summed E-state index contributed by atoms with van der Waals surface area (Å²) in [5.74, 6) is 1.74. The predicted octanol–water partition coefficient (Wildman–Crippen LogP) is 4.21. The van der Waals surface area contributed by atoms with Crippen LogP contribution in [-0.4, -0.2) is 54.8 Å². The van der Waals surface area contributed by atoms with Gasteiger partial charge >= 0.3 is 6.09 Å². The highest BCUT2D eigenvalue weighted by molar-refractivity contribution is 6.32. The minimum atomic E-state index is -0.441. The van der Waals surface area contributed by atoms with Gasteiger partial charge in [-0.05, 0) is 57.2 Å². The molecule has 2 aliphatic rings. The van der Waals surface area contributed by atoms with E-state index in [1.165, 1.54) is 5.56 Å². The number of nitrogens with zero attached hydrogens (tertiary/aromatic N) is 2. The normalized spacial score (nSPS) is 24.5. The van der Waals surface area contributed by atoms with Crippen LogP contribution in [0, 0.1) is 11.8 Å². The number of hydrogen-bond acceptors (Lipinski definition) is 4. The van der Waals surface area contributed by atoms with E-state index in [0.717, 1.165) is 26.2 Å². The topological polar surface area (TPSA) is 42.0 Å². The Kier molecular flexibility index (Phi) is 5.40. The molecule has 2 heterocycles. The van der Waals surface area contributed by atoms with Gasteiger partial charge in [-0.3, -0.25) is 4.90 Å². The van der Waals surface area contributed by atoms with E-state index >= 15 is 0 Å². The average molecular weight is 381 g/mol. The summed E-state index contributed by atoms with van der Waals surface area (Å²) in [6.45, 7) is 11.5. The predicted molar refractivity (Wildman–Crippen MR) is 103 cm³/mol. The van der Waals surface area contributed by atoms with Gasteiger partial charge in [0.1, 0.15) is 11.4 Å². The van der Waals surface area contributed by atoms with Crippen molar-refractivity contribution < 1.29 is 14.3 Å². The molecule has 2 aliphatic heterocycles. The molecule has 2 saturated heterocycles. The Morgan fingerprint density at radius 2 is 1.81 bits per heavy atom. The number of rotatable bonds is 3. The first-order valence-electron chi connectivity index (χ1n) is 9.23. The van der Waals surface area contributed by atoms with Crippen molar-refractivity contribution in [1.82, 2.24) is 9.80 Å². The maximum atomic E-state index is 12.3. The van der Waals surface area contributed by atoms with Crippen molar-refractivity contribution in [2.75, 3.05) is 33.3 Å². The molecule has 5 nitrogen and oxygen atoms in total. The third-order valence-electron chi connectivity index (χ3n) is 5.37. The largest absolute Gasteiger partial charge is 0.495 e. The lowest BCUT2D eigenvalue weighted by atomic mass is 10.0. The molecule has 3 rings (SSSR count). The van der Waals surface area contributed by atoms with Crippen LogP contribution in [0.2, 0.25) is 5.02 Å². The van der Waals surface area contributed by atoms with Crippen LogP contribution in [0.15, 0.2) is 18.2 Å². The van der Waals surface area contributed by atoms with Crippen LogP contribution in [0.3, 0.4) is 0 Å². The SMILES string of the molecule is COc1cc(C(C)N2CC3CN(C(=O)OC(C)(C)C)CC3C2)ccc1Cl. The van der Waals surface area contributed by atoms with Crippen molar-refractivity contribution in [2.24, 2.45) is 11.8 Å². The van der Waals surface area contributed by atoms with Gasteiger partial charge < -0.3 is 14.4 Å². The second kappa shape index (κ2) is 7.28. The summed E-state index contributed by atoms with van der Waals surface area (Å²) >= 11 is 6.14. The van der Waals surface area contributed by atoms with Crippen molar-refractivity contribution >= 4 is 17.7 Å². The molecule has 1 aromatic rings. The first-order valence-corrected chi connectivity index (χ1v) is 9.61. The second-order valence-electron chi connectivity index (χ2n) is 8.43. The molecule has 3 atom stereocenters. The minimum absolute atomic E-state index is 0.186. The molecule has 2 fully saturated rings. The van der Waals surface area contributed by atoms with Crippen molar-refractivity contribution in [3.05, 3.63) is 28.8 Å². The van der Waals surface area contributed by atoms with Crippen LogP contribution >= 0.6 is 11.6 Å². The maximum absolute atomic E-state index is 12.3. The standard InChI is InChI=1S/C20H29ClN2O3/c1-13(14-6-7-17(21)18(8-14)25-5)22-9-15-11-23(12-16(15)10-22)19(24)26-20(2,3)4/h6-8,13,15-16H,9-12H2,1-5H3. The van der Waals surface area contributed by atoms with E-state index in [0.29, 0.717) is 28.6 Å². The van der Waals surface area contributed by atoms with Crippen LogP contribution in [0.25, 0.3) is 0 Å². The highest BCUT2D eigenvalue weighted by atomic mass is 35.5. The fourth-order valence-electron chi connectivity index (χ4n) is 3.97. The Labute approximate surface area is 161 Å². The summed E-state index contributed by atoms with van der Waals surface area (Å²) in [4.78, 5) is 16.7. The number of carbonyl (C=O) groups is 1. The molecular weight excluding hydrogens is 352 g/mol. The highest BCUT2D eigenvalue weighted by Gasteiger charge is 2.43. The lowest BCUT2D eigenvalue weighted by Crippen LogP contribution is -2.37. The fraction of sp³-hybridized carbons (Fsp3) is 0.650. The van der Waals surface area contributed by atoms with E-state index in [2.05, 4.69) is 17.9 Å².